The van der Waals surface area contributed by atoms with E-state index in [1.807, 2.05) is 0 Å². The highest BCUT2D eigenvalue weighted by Crippen LogP contribution is 2.33. The first-order chi connectivity index (χ1) is 6.77. The van der Waals surface area contributed by atoms with E-state index in [0.717, 1.165) is 5.92 Å². The predicted octanol–water partition coefficient (Wildman–Crippen LogP) is 4.23. The van der Waals surface area contributed by atoms with Crippen molar-refractivity contribution in [2.24, 2.45) is 5.92 Å². The predicted molar refractivity (Wildman–Crippen MR) is 62.3 cm³/mol. The third-order valence-corrected chi connectivity index (χ3v) is 2.96. The summed E-state index contributed by atoms with van der Waals surface area (Å²) in [7, 11) is 0. The summed E-state index contributed by atoms with van der Waals surface area (Å²) in [6.07, 6.45) is 7.24. The molecule has 0 heterocycles. The van der Waals surface area contributed by atoms with Gasteiger partial charge in [0.25, 0.3) is 0 Å². The molecule has 0 aromatic heterocycles. The zero-order chi connectivity index (χ0) is 9.97. The van der Waals surface area contributed by atoms with E-state index >= 15 is 0 Å². The average Bonchev–Trinajstić information content (AvgIpc) is 2.58. The van der Waals surface area contributed by atoms with Gasteiger partial charge in [0, 0.05) is 5.92 Å². The van der Waals surface area contributed by atoms with Crippen LogP contribution >= 0.6 is 0 Å². The van der Waals surface area contributed by atoms with Crippen molar-refractivity contribution in [3.8, 4) is 0 Å². The number of allylic oxidation sites excluding steroid dienone is 1. The minimum absolute atomic E-state index is 0.675. The van der Waals surface area contributed by atoms with Crippen LogP contribution in [0.15, 0.2) is 30.3 Å². The van der Waals surface area contributed by atoms with E-state index < -0.39 is 0 Å². The lowest BCUT2D eigenvalue weighted by molar-refractivity contribution is 0.536. The van der Waals surface area contributed by atoms with E-state index in [1.54, 1.807) is 0 Å². The molecule has 1 aromatic rings. The molecule has 0 radical (unpaired) electrons. The third-order valence-electron chi connectivity index (χ3n) is 2.96. The van der Waals surface area contributed by atoms with Crippen molar-refractivity contribution in [2.45, 2.75) is 32.6 Å². The Balaban J connectivity index is 2.07. The molecule has 1 aromatic carbocycles. The average molecular weight is 186 g/mol. The first-order valence-electron chi connectivity index (χ1n) is 5.54. The first-order valence-corrected chi connectivity index (χ1v) is 5.54. The molecule has 0 saturated heterocycles. The van der Waals surface area contributed by atoms with Crippen molar-refractivity contribution in [2.75, 3.05) is 0 Å². The summed E-state index contributed by atoms with van der Waals surface area (Å²) in [5.74, 6) is 1.49. The molecule has 0 nitrogen and oxygen atoms in total. The molecule has 14 heavy (non-hydrogen) atoms. The molecule has 0 spiro atoms. The van der Waals surface area contributed by atoms with Crippen LogP contribution in [0.4, 0.5) is 0 Å². The van der Waals surface area contributed by atoms with Gasteiger partial charge in [-0.2, -0.15) is 0 Å². The molecule has 1 aliphatic rings. The van der Waals surface area contributed by atoms with Crippen LogP contribution < -0.4 is 0 Å². The van der Waals surface area contributed by atoms with Gasteiger partial charge >= 0.3 is 0 Å². The summed E-state index contributed by atoms with van der Waals surface area (Å²) in [5, 5.41) is 0. The van der Waals surface area contributed by atoms with Gasteiger partial charge < -0.3 is 0 Å². The SMILES string of the molecule is CC(C)CCC1C=Cc2ccccc21. The van der Waals surface area contributed by atoms with Crippen LogP contribution in [0.25, 0.3) is 6.08 Å². The van der Waals surface area contributed by atoms with Crippen LogP contribution in [-0.4, -0.2) is 0 Å². The Morgan fingerprint density at radius 3 is 2.79 bits per heavy atom. The van der Waals surface area contributed by atoms with Gasteiger partial charge in [-0.15, -0.1) is 0 Å². The molecule has 0 N–H and O–H groups in total. The van der Waals surface area contributed by atoms with Gasteiger partial charge in [0.05, 0.1) is 0 Å². The molecule has 2 rings (SSSR count). The zero-order valence-electron chi connectivity index (χ0n) is 9.03. The number of benzene rings is 1. The molecule has 0 saturated carbocycles. The van der Waals surface area contributed by atoms with E-state index in [9.17, 15) is 0 Å². The van der Waals surface area contributed by atoms with Crippen molar-refractivity contribution in [1.82, 2.24) is 0 Å². The summed E-state index contributed by atoms with van der Waals surface area (Å²) in [5.41, 5.74) is 2.94. The van der Waals surface area contributed by atoms with Crippen LogP contribution in [0.1, 0.15) is 43.7 Å². The van der Waals surface area contributed by atoms with Gasteiger partial charge in [-0.05, 0) is 23.5 Å². The van der Waals surface area contributed by atoms with Crippen LogP contribution in [0.5, 0.6) is 0 Å². The minimum Gasteiger partial charge on any atom is -0.0764 e. The molecule has 0 heteroatoms. The van der Waals surface area contributed by atoms with Crippen LogP contribution in [0, 0.1) is 5.92 Å². The summed E-state index contributed by atoms with van der Waals surface area (Å²) in [6, 6.07) is 8.74. The lowest BCUT2D eigenvalue weighted by Crippen LogP contribution is -1.96. The van der Waals surface area contributed by atoms with Crippen molar-refractivity contribution in [1.29, 1.82) is 0 Å². The lowest BCUT2D eigenvalue weighted by Gasteiger charge is -2.12. The normalized spacial score (nSPS) is 18.9. The second-order valence-electron chi connectivity index (χ2n) is 4.57. The Bertz CT molecular complexity index is 334. The van der Waals surface area contributed by atoms with Crippen molar-refractivity contribution >= 4 is 6.08 Å². The highest BCUT2D eigenvalue weighted by molar-refractivity contribution is 5.62. The Hall–Kier alpha value is -1.04. The maximum atomic E-state index is 2.35. The van der Waals surface area contributed by atoms with Crippen LogP contribution in [-0.2, 0) is 0 Å². The second-order valence-corrected chi connectivity index (χ2v) is 4.57. The molecular formula is C14H18. The Morgan fingerprint density at radius 2 is 2.00 bits per heavy atom. The quantitative estimate of drug-likeness (QED) is 0.662. The highest BCUT2D eigenvalue weighted by atomic mass is 14.2. The number of rotatable bonds is 3. The van der Waals surface area contributed by atoms with E-state index in [1.165, 1.54) is 24.0 Å². The Morgan fingerprint density at radius 1 is 1.21 bits per heavy atom. The van der Waals surface area contributed by atoms with E-state index in [4.69, 9.17) is 0 Å². The topological polar surface area (TPSA) is 0 Å². The number of hydrogen-bond acceptors (Lipinski definition) is 0. The summed E-state index contributed by atoms with van der Waals surface area (Å²) >= 11 is 0. The smallest absolute Gasteiger partial charge is 0.00273 e. The van der Waals surface area contributed by atoms with Crippen LogP contribution in [0.2, 0.25) is 0 Å². The Kier molecular flexibility index (Phi) is 2.72. The molecule has 0 amide bonds. The Labute approximate surface area is 86.7 Å². The molecule has 1 aliphatic carbocycles. The monoisotopic (exact) mass is 186 g/mol. The molecule has 1 unspecified atom stereocenters. The molecule has 1 atom stereocenters. The van der Waals surface area contributed by atoms with Gasteiger partial charge in [-0.25, -0.2) is 0 Å². The van der Waals surface area contributed by atoms with E-state index in [0.29, 0.717) is 5.92 Å². The number of hydrogen-bond donors (Lipinski definition) is 0. The fourth-order valence-electron chi connectivity index (χ4n) is 2.09. The summed E-state index contributed by atoms with van der Waals surface area (Å²) < 4.78 is 0. The summed E-state index contributed by atoms with van der Waals surface area (Å²) in [6.45, 7) is 4.59. The van der Waals surface area contributed by atoms with Gasteiger partial charge in [0.1, 0.15) is 0 Å². The van der Waals surface area contributed by atoms with Crippen molar-refractivity contribution in [3.63, 3.8) is 0 Å². The standard InChI is InChI=1S/C14H18/c1-11(2)7-8-13-10-9-12-5-3-4-6-14(12)13/h3-6,9-11,13H,7-8H2,1-2H3. The van der Waals surface area contributed by atoms with E-state index in [-0.39, 0.29) is 0 Å². The third kappa shape index (κ3) is 1.89. The zero-order valence-corrected chi connectivity index (χ0v) is 9.03. The molecule has 0 fully saturated rings. The first kappa shape index (κ1) is 9.51. The lowest BCUT2D eigenvalue weighted by atomic mass is 9.93. The molecular weight excluding hydrogens is 168 g/mol. The maximum absolute atomic E-state index is 2.35. The van der Waals surface area contributed by atoms with Gasteiger partial charge in [-0.1, -0.05) is 56.7 Å². The van der Waals surface area contributed by atoms with Gasteiger partial charge in [0.2, 0.25) is 0 Å². The molecule has 0 aliphatic heterocycles. The fraction of sp³-hybridized carbons (Fsp3) is 0.429. The number of fused-ring (bicyclic) bond motifs is 1. The van der Waals surface area contributed by atoms with Gasteiger partial charge in [-0.3, -0.25) is 0 Å². The maximum Gasteiger partial charge on any atom is 0.00273 e. The van der Waals surface area contributed by atoms with Crippen molar-refractivity contribution in [3.05, 3.63) is 41.5 Å². The fourth-order valence-corrected chi connectivity index (χ4v) is 2.09. The largest absolute Gasteiger partial charge is 0.0764 e. The molecule has 74 valence electrons. The second kappa shape index (κ2) is 4.00. The molecule has 0 bridgehead atoms. The van der Waals surface area contributed by atoms with E-state index in [2.05, 4.69) is 50.3 Å². The van der Waals surface area contributed by atoms with Crippen molar-refractivity contribution < 1.29 is 0 Å². The minimum atomic E-state index is 0.675. The summed E-state index contributed by atoms with van der Waals surface area (Å²) in [4.78, 5) is 0. The van der Waals surface area contributed by atoms with Crippen LogP contribution in [0.3, 0.4) is 0 Å². The highest BCUT2D eigenvalue weighted by Gasteiger charge is 2.16. The van der Waals surface area contributed by atoms with Gasteiger partial charge in [0.15, 0.2) is 0 Å².